The van der Waals surface area contributed by atoms with E-state index in [1.807, 2.05) is 0 Å². The highest BCUT2D eigenvalue weighted by molar-refractivity contribution is 5.97. The molecule has 0 aromatic heterocycles. The van der Waals surface area contributed by atoms with Gasteiger partial charge in [-0.2, -0.15) is 0 Å². The van der Waals surface area contributed by atoms with Gasteiger partial charge in [-0.05, 0) is 97.1 Å². The Hall–Kier alpha value is -2.40. The molecule has 1 N–H and O–H groups in total. The molecule has 1 aromatic rings. The van der Waals surface area contributed by atoms with Crippen LogP contribution in [0.25, 0.3) is 0 Å². The van der Waals surface area contributed by atoms with Crippen LogP contribution in [0.4, 0.5) is 5.69 Å². The first-order chi connectivity index (χ1) is 16.4. The minimum absolute atomic E-state index is 0.00281. The topological polar surface area (TPSA) is 62.1 Å². The number of carbonyl (C=O) groups is 1. The van der Waals surface area contributed by atoms with Crippen molar-refractivity contribution in [2.75, 3.05) is 32.7 Å². The molecule has 4 aliphatic carbocycles. The van der Waals surface area contributed by atoms with Crippen LogP contribution in [-0.4, -0.2) is 44.5 Å². The van der Waals surface area contributed by atoms with Crippen LogP contribution in [0.2, 0.25) is 0 Å². The van der Waals surface area contributed by atoms with Crippen molar-refractivity contribution in [3.63, 3.8) is 0 Å². The zero-order valence-corrected chi connectivity index (χ0v) is 21.0. The lowest BCUT2D eigenvalue weighted by Gasteiger charge is -2.52. The molecule has 0 radical (unpaired) electrons. The number of rotatable bonds is 5. The predicted octanol–water partition coefficient (Wildman–Crippen LogP) is 5.74. The van der Waals surface area contributed by atoms with E-state index in [0.717, 1.165) is 50.7 Å². The van der Waals surface area contributed by atoms with E-state index in [9.17, 15) is 10.0 Å². The zero-order chi connectivity index (χ0) is 24.0. The van der Waals surface area contributed by atoms with Gasteiger partial charge >= 0.3 is 0 Å². The van der Waals surface area contributed by atoms with E-state index in [0.29, 0.717) is 17.8 Å². The number of hydrogen-bond acceptors (Lipinski definition) is 5. The quantitative estimate of drug-likeness (QED) is 0.447. The summed E-state index contributed by atoms with van der Waals surface area (Å²) < 4.78 is 5.28. The first kappa shape index (κ1) is 23.3. The number of oxime groups is 1. The number of ether oxygens (including phenoxy) is 1. The highest BCUT2D eigenvalue weighted by atomic mass is 16.5. The number of benzene rings is 1. The summed E-state index contributed by atoms with van der Waals surface area (Å²) in [6, 6.07) is 9.06. The number of anilines is 1. The highest BCUT2D eigenvalue weighted by Gasteiger charge is 2.58. The van der Waals surface area contributed by atoms with Gasteiger partial charge in [0, 0.05) is 38.7 Å². The van der Waals surface area contributed by atoms with Crippen molar-refractivity contribution in [3.8, 4) is 0 Å². The van der Waals surface area contributed by atoms with Gasteiger partial charge in [0.25, 0.3) is 0 Å². The molecule has 0 heterocycles. The Morgan fingerprint density at radius 1 is 1.15 bits per heavy atom. The molecule has 2 saturated carbocycles. The van der Waals surface area contributed by atoms with E-state index in [1.165, 1.54) is 22.4 Å². The van der Waals surface area contributed by atoms with Gasteiger partial charge in [-0.25, -0.2) is 0 Å². The number of allylic oxidation sites excluding steroid dienone is 4. The van der Waals surface area contributed by atoms with Crippen molar-refractivity contribution < 1.29 is 14.7 Å². The Labute approximate surface area is 203 Å². The molecule has 0 saturated heterocycles. The summed E-state index contributed by atoms with van der Waals surface area (Å²) in [5.74, 6) is 1.77. The molecule has 34 heavy (non-hydrogen) atoms. The van der Waals surface area contributed by atoms with Crippen molar-refractivity contribution >= 4 is 17.2 Å². The molecule has 5 rings (SSSR count). The third-order valence-corrected chi connectivity index (χ3v) is 9.36. The first-order valence-corrected chi connectivity index (χ1v) is 12.8. The molecule has 0 bridgehead atoms. The van der Waals surface area contributed by atoms with Crippen LogP contribution in [0.3, 0.4) is 0 Å². The van der Waals surface area contributed by atoms with Gasteiger partial charge < -0.3 is 14.8 Å². The molecule has 5 nitrogen and oxygen atoms in total. The second kappa shape index (κ2) is 8.99. The summed E-state index contributed by atoms with van der Waals surface area (Å²) in [6.45, 7) is 2.62. The Balaban J connectivity index is 1.62. The minimum atomic E-state index is 0.00281. The summed E-state index contributed by atoms with van der Waals surface area (Å²) >= 11 is 0. The normalized spacial score (nSPS) is 33.8. The molecule has 0 amide bonds. The van der Waals surface area contributed by atoms with E-state index >= 15 is 0 Å². The van der Waals surface area contributed by atoms with E-state index in [-0.39, 0.29) is 23.7 Å². The smallest absolute Gasteiger partial charge is 0.162 e. The average Bonchev–Trinajstić information content (AvgIpc) is 3.20. The fourth-order valence-electron chi connectivity index (χ4n) is 7.82. The van der Waals surface area contributed by atoms with Crippen LogP contribution in [0.5, 0.6) is 0 Å². The fourth-order valence-corrected chi connectivity index (χ4v) is 7.82. The van der Waals surface area contributed by atoms with Crippen molar-refractivity contribution in [1.29, 1.82) is 0 Å². The molecule has 5 atom stereocenters. The minimum Gasteiger partial charge on any atom is -0.411 e. The maximum Gasteiger partial charge on any atom is 0.162 e. The number of carbonyl (C=O) groups excluding carboxylic acids is 1. The van der Waals surface area contributed by atoms with Crippen LogP contribution in [0.15, 0.2) is 52.2 Å². The van der Waals surface area contributed by atoms with Crippen molar-refractivity contribution in [2.45, 2.75) is 57.8 Å². The van der Waals surface area contributed by atoms with Crippen LogP contribution in [-0.2, 0) is 9.53 Å². The monoisotopic (exact) mass is 462 g/mol. The van der Waals surface area contributed by atoms with Crippen molar-refractivity contribution in [2.24, 2.45) is 28.3 Å². The second-order valence-corrected chi connectivity index (χ2v) is 11.2. The van der Waals surface area contributed by atoms with Gasteiger partial charge in [-0.3, -0.25) is 4.79 Å². The Bertz CT molecular complexity index is 1050. The Morgan fingerprint density at radius 2 is 1.91 bits per heavy atom. The number of hydrogen-bond donors (Lipinski definition) is 1. The van der Waals surface area contributed by atoms with Gasteiger partial charge in [0.15, 0.2) is 5.78 Å². The zero-order valence-electron chi connectivity index (χ0n) is 21.0. The lowest BCUT2D eigenvalue weighted by molar-refractivity contribution is -0.131. The number of methoxy groups -OCH3 is 1. The molecule has 4 aliphatic rings. The van der Waals surface area contributed by atoms with Crippen molar-refractivity contribution in [1.82, 2.24) is 0 Å². The SMILES string of the molecule is COCC(=O)C1CCC2C3CCC4=CC(=NO)CCC4=C3C(c3ccc(N(C)C)cc3)CC12C. The molecule has 182 valence electrons. The maximum absolute atomic E-state index is 13.1. The molecule has 1 aromatic carbocycles. The molecule has 5 heteroatoms. The summed E-state index contributed by atoms with van der Waals surface area (Å²) in [6.07, 6.45) is 9.18. The van der Waals surface area contributed by atoms with Gasteiger partial charge in [0.1, 0.15) is 6.61 Å². The van der Waals surface area contributed by atoms with Crippen molar-refractivity contribution in [3.05, 3.63) is 52.6 Å². The summed E-state index contributed by atoms with van der Waals surface area (Å²) in [4.78, 5) is 15.3. The molecular weight excluding hydrogens is 424 g/mol. The summed E-state index contributed by atoms with van der Waals surface area (Å²) in [5.41, 5.74) is 7.88. The lowest BCUT2D eigenvalue weighted by atomic mass is 9.51. The second-order valence-electron chi connectivity index (χ2n) is 11.2. The standard InChI is InChI=1S/C29H38N2O3/c1-29-16-24(18-5-9-21(10-6-18)31(2)3)28-22-12-8-20(30-33)15-19(22)7-11-23(28)25(29)13-14-26(29)27(32)17-34-4/h5-6,9-10,15,23-26,33H,7-8,11-14,16-17H2,1-4H3. The van der Waals surface area contributed by atoms with Gasteiger partial charge in [-0.15, -0.1) is 0 Å². The van der Waals surface area contributed by atoms with E-state index in [2.05, 4.69) is 61.4 Å². The van der Waals surface area contributed by atoms with Crippen LogP contribution in [0, 0.1) is 23.2 Å². The van der Waals surface area contributed by atoms with E-state index in [1.54, 1.807) is 12.7 Å². The van der Waals surface area contributed by atoms with Gasteiger partial charge in [0.05, 0.1) is 5.71 Å². The molecule has 2 fully saturated rings. The fraction of sp³-hybridized carbons (Fsp3) is 0.586. The third-order valence-electron chi connectivity index (χ3n) is 9.36. The number of Topliss-reactive ketones (excluding diaryl/α,β-unsaturated/α-hetero) is 1. The third kappa shape index (κ3) is 3.73. The van der Waals surface area contributed by atoms with Crippen LogP contribution >= 0.6 is 0 Å². The highest BCUT2D eigenvalue weighted by Crippen LogP contribution is 2.65. The number of nitrogens with zero attached hydrogens (tertiary/aromatic N) is 2. The molecular formula is C29H38N2O3. The maximum atomic E-state index is 13.1. The summed E-state index contributed by atoms with van der Waals surface area (Å²) in [5, 5.41) is 12.9. The predicted molar refractivity (Wildman–Crippen MR) is 136 cm³/mol. The van der Waals surface area contributed by atoms with Crippen LogP contribution < -0.4 is 4.90 Å². The van der Waals surface area contributed by atoms with E-state index in [4.69, 9.17) is 4.74 Å². The van der Waals surface area contributed by atoms with Gasteiger partial charge in [-0.1, -0.05) is 29.8 Å². The first-order valence-electron chi connectivity index (χ1n) is 12.8. The lowest BCUT2D eigenvalue weighted by Crippen LogP contribution is -2.45. The Morgan fingerprint density at radius 3 is 2.59 bits per heavy atom. The molecule has 0 spiro atoms. The average molecular weight is 463 g/mol. The molecule has 5 unspecified atom stereocenters. The number of ketones is 1. The van der Waals surface area contributed by atoms with E-state index < -0.39 is 0 Å². The Kier molecular flexibility index (Phi) is 6.18. The summed E-state index contributed by atoms with van der Waals surface area (Å²) in [7, 11) is 5.78. The largest absolute Gasteiger partial charge is 0.411 e. The van der Waals surface area contributed by atoms with Gasteiger partial charge in [0.2, 0.25) is 0 Å². The van der Waals surface area contributed by atoms with Crippen LogP contribution in [0.1, 0.15) is 63.4 Å². The number of fused-ring (bicyclic) bond motifs is 4. The molecule has 0 aliphatic heterocycles.